The van der Waals surface area contributed by atoms with E-state index in [1.807, 2.05) is 19.2 Å². The van der Waals surface area contributed by atoms with Crippen LogP contribution in [0.4, 0.5) is 0 Å². The van der Waals surface area contributed by atoms with Crippen molar-refractivity contribution in [3.8, 4) is 0 Å². The molecular weight excluding hydrogens is 292 g/mol. The molecule has 0 amide bonds. The lowest BCUT2D eigenvalue weighted by atomic mass is 10.1. The van der Waals surface area contributed by atoms with Crippen molar-refractivity contribution in [1.29, 1.82) is 0 Å². The number of para-hydroxylation sites is 1. The first kappa shape index (κ1) is 11.5. The number of H-pyrrole nitrogens is 1. The van der Waals surface area contributed by atoms with Crippen LogP contribution in [0.2, 0.25) is 0 Å². The van der Waals surface area contributed by atoms with Gasteiger partial charge in [-0.15, -0.1) is 0 Å². The van der Waals surface area contributed by atoms with Crippen molar-refractivity contribution in [2.75, 3.05) is 0 Å². The van der Waals surface area contributed by atoms with Crippen LogP contribution in [0.5, 0.6) is 0 Å². The predicted octanol–water partition coefficient (Wildman–Crippen LogP) is 2.71. The number of imidazole rings is 1. The van der Waals surface area contributed by atoms with Gasteiger partial charge in [-0.05, 0) is 22.0 Å². The first-order chi connectivity index (χ1) is 8.66. The topological polar surface area (TPSA) is 59.6 Å². The second-order valence-corrected chi connectivity index (χ2v) is 5.16. The summed E-state index contributed by atoms with van der Waals surface area (Å²) in [7, 11) is 2.02. The molecule has 0 saturated heterocycles. The van der Waals surface area contributed by atoms with Gasteiger partial charge in [-0.3, -0.25) is 0 Å². The minimum atomic E-state index is -0.248. The first-order valence-electron chi connectivity index (χ1n) is 5.67. The quantitative estimate of drug-likeness (QED) is 0.765. The number of benzene rings is 1. The van der Waals surface area contributed by atoms with Crippen molar-refractivity contribution in [2.24, 2.45) is 12.8 Å². The van der Waals surface area contributed by atoms with E-state index >= 15 is 0 Å². The number of aromatic nitrogens is 3. The summed E-state index contributed by atoms with van der Waals surface area (Å²) in [4.78, 5) is 7.39. The minimum absolute atomic E-state index is 0.248. The summed E-state index contributed by atoms with van der Waals surface area (Å²) in [5, 5.41) is 1.17. The second-order valence-electron chi connectivity index (χ2n) is 4.31. The van der Waals surface area contributed by atoms with E-state index < -0.39 is 0 Å². The molecule has 1 aromatic carbocycles. The van der Waals surface area contributed by atoms with Crippen LogP contribution in [0.25, 0.3) is 10.9 Å². The van der Waals surface area contributed by atoms with E-state index in [4.69, 9.17) is 5.73 Å². The molecule has 4 nitrogen and oxygen atoms in total. The zero-order valence-electron chi connectivity index (χ0n) is 9.89. The van der Waals surface area contributed by atoms with E-state index in [1.54, 1.807) is 6.20 Å². The van der Waals surface area contributed by atoms with Crippen molar-refractivity contribution in [2.45, 2.75) is 6.04 Å². The van der Waals surface area contributed by atoms with Crippen molar-refractivity contribution < 1.29 is 0 Å². The van der Waals surface area contributed by atoms with Gasteiger partial charge in [0.25, 0.3) is 0 Å². The summed E-state index contributed by atoms with van der Waals surface area (Å²) in [6.07, 6.45) is 3.78. The maximum Gasteiger partial charge on any atom is 0.128 e. The Bertz CT molecular complexity index is 698. The molecule has 0 spiro atoms. The average molecular weight is 305 g/mol. The molecule has 5 heteroatoms. The molecule has 0 aliphatic carbocycles. The third-order valence-corrected chi connectivity index (χ3v) is 3.52. The van der Waals surface area contributed by atoms with E-state index in [9.17, 15) is 0 Å². The molecule has 2 heterocycles. The van der Waals surface area contributed by atoms with Gasteiger partial charge in [0.2, 0.25) is 0 Å². The predicted molar refractivity (Wildman–Crippen MR) is 75.2 cm³/mol. The van der Waals surface area contributed by atoms with Crippen LogP contribution in [-0.4, -0.2) is 14.5 Å². The van der Waals surface area contributed by atoms with Crippen molar-refractivity contribution in [1.82, 2.24) is 14.5 Å². The first-order valence-corrected chi connectivity index (χ1v) is 6.46. The zero-order valence-corrected chi connectivity index (χ0v) is 11.5. The number of hydrogen-bond donors (Lipinski definition) is 2. The van der Waals surface area contributed by atoms with E-state index in [2.05, 4.69) is 48.8 Å². The second kappa shape index (κ2) is 4.26. The van der Waals surface area contributed by atoms with Crippen LogP contribution in [-0.2, 0) is 7.05 Å². The summed E-state index contributed by atoms with van der Waals surface area (Å²) in [5.74, 6) is 0.762. The summed E-state index contributed by atoms with van der Waals surface area (Å²) in [6, 6.07) is 7.98. The zero-order chi connectivity index (χ0) is 12.7. The highest BCUT2D eigenvalue weighted by Crippen LogP contribution is 2.27. The lowest BCUT2D eigenvalue weighted by Gasteiger charge is -2.07. The highest BCUT2D eigenvalue weighted by Gasteiger charge is 2.17. The maximum atomic E-state index is 6.28. The normalized spacial score (nSPS) is 13.1. The summed E-state index contributed by atoms with van der Waals surface area (Å²) < 4.78 is 2.93. The molecule has 0 aliphatic heterocycles. The van der Waals surface area contributed by atoms with Gasteiger partial charge >= 0.3 is 0 Å². The molecule has 18 heavy (non-hydrogen) atoms. The third kappa shape index (κ3) is 1.76. The SMILES string of the molecule is Cn1cc(C(N)c2ncc(Br)[nH]2)c2ccccc21. The number of nitrogens with two attached hydrogens (primary N) is 1. The van der Waals surface area contributed by atoms with Crippen molar-refractivity contribution in [3.63, 3.8) is 0 Å². The lowest BCUT2D eigenvalue weighted by molar-refractivity contribution is 0.798. The Morgan fingerprint density at radius 1 is 1.39 bits per heavy atom. The van der Waals surface area contributed by atoms with Crippen LogP contribution in [0.15, 0.2) is 41.3 Å². The Kier molecular flexibility index (Phi) is 2.72. The highest BCUT2D eigenvalue weighted by atomic mass is 79.9. The number of fused-ring (bicyclic) bond motifs is 1. The van der Waals surface area contributed by atoms with E-state index in [0.29, 0.717) is 0 Å². The van der Waals surface area contributed by atoms with Crippen molar-refractivity contribution >= 4 is 26.8 Å². The molecule has 1 unspecified atom stereocenters. The van der Waals surface area contributed by atoms with Gasteiger partial charge in [-0.2, -0.15) is 0 Å². The molecule has 3 N–H and O–H groups in total. The number of nitrogens with zero attached hydrogens (tertiary/aromatic N) is 2. The molecule has 1 atom stereocenters. The third-order valence-electron chi connectivity index (χ3n) is 3.12. The molecule has 3 aromatic rings. The van der Waals surface area contributed by atoms with Crippen LogP contribution in [0.3, 0.4) is 0 Å². The average Bonchev–Trinajstić information content (AvgIpc) is 2.94. The Labute approximate surface area is 113 Å². The molecule has 0 aliphatic rings. The fourth-order valence-electron chi connectivity index (χ4n) is 2.24. The number of hydrogen-bond acceptors (Lipinski definition) is 2. The number of halogens is 1. The van der Waals surface area contributed by atoms with Crippen LogP contribution in [0, 0.1) is 0 Å². The Balaban J connectivity index is 2.14. The van der Waals surface area contributed by atoms with Crippen LogP contribution < -0.4 is 5.73 Å². The standard InChI is InChI=1S/C13H13BrN4/c1-18-7-9(8-4-2-3-5-10(8)18)12(15)13-16-6-11(14)17-13/h2-7,12H,15H2,1H3,(H,16,17). The number of aromatic amines is 1. The smallest absolute Gasteiger partial charge is 0.128 e. The van der Waals surface area contributed by atoms with Gasteiger partial charge in [-0.1, -0.05) is 18.2 Å². The highest BCUT2D eigenvalue weighted by molar-refractivity contribution is 9.10. The van der Waals surface area contributed by atoms with Gasteiger partial charge in [0.1, 0.15) is 10.4 Å². The molecule has 3 rings (SSSR count). The number of rotatable bonds is 2. The van der Waals surface area contributed by atoms with Gasteiger partial charge in [0.15, 0.2) is 0 Å². The largest absolute Gasteiger partial charge is 0.350 e. The molecule has 0 fully saturated rings. The van der Waals surface area contributed by atoms with Gasteiger partial charge in [0.05, 0.1) is 12.2 Å². The van der Waals surface area contributed by atoms with Gasteiger partial charge in [-0.25, -0.2) is 4.98 Å². The summed E-state index contributed by atoms with van der Waals surface area (Å²) in [5.41, 5.74) is 8.53. The van der Waals surface area contributed by atoms with E-state index in [-0.39, 0.29) is 6.04 Å². The summed E-state index contributed by atoms with van der Waals surface area (Å²) in [6.45, 7) is 0. The van der Waals surface area contributed by atoms with Crippen LogP contribution >= 0.6 is 15.9 Å². The van der Waals surface area contributed by atoms with E-state index in [1.165, 1.54) is 10.9 Å². The molecule has 0 radical (unpaired) electrons. The molecular formula is C13H13BrN4. The molecule has 92 valence electrons. The van der Waals surface area contributed by atoms with Gasteiger partial charge < -0.3 is 15.3 Å². The molecule has 2 aromatic heterocycles. The lowest BCUT2D eigenvalue weighted by Crippen LogP contribution is -2.13. The van der Waals surface area contributed by atoms with Gasteiger partial charge in [0, 0.05) is 29.7 Å². The molecule has 0 saturated carbocycles. The Morgan fingerprint density at radius 2 is 2.17 bits per heavy atom. The minimum Gasteiger partial charge on any atom is -0.350 e. The van der Waals surface area contributed by atoms with E-state index in [0.717, 1.165) is 16.0 Å². The fourth-order valence-corrected chi connectivity index (χ4v) is 2.54. The Morgan fingerprint density at radius 3 is 2.89 bits per heavy atom. The Hall–Kier alpha value is -1.59. The number of nitrogens with one attached hydrogen (secondary N) is 1. The summed E-state index contributed by atoms with van der Waals surface area (Å²) >= 11 is 3.35. The van der Waals surface area contributed by atoms with Crippen molar-refractivity contribution in [3.05, 3.63) is 52.7 Å². The maximum absolute atomic E-state index is 6.28. The fraction of sp³-hybridized carbons (Fsp3) is 0.154. The number of aryl methyl sites for hydroxylation is 1. The monoisotopic (exact) mass is 304 g/mol. The molecule has 0 bridgehead atoms. The van der Waals surface area contributed by atoms with Crippen LogP contribution in [0.1, 0.15) is 17.4 Å².